The lowest BCUT2D eigenvalue weighted by Crippen LogP contribution is -2.51. The Morgan fingerprint density at radius 3 is 2.19 bits per heavy atom. The minimum atomic E-state index is -0.550. The van der Waals surface area contributed by atoms with Gasteiger partial charge in [-0.1, -0.05) is 76.2 Å². The molecule has 2 rings (SSSR count). The van der Waals surface area contributed by atoms with Gasteiger partial charge in [0.1, 0.15) is 11.8 Å². The highest BCUT2D eigenvalue weighted by atomic mass is 16.5. The number of benzene rings is 2. The molecule has 0 aliphatic carbocycles. The molecule has 5 heteroatoms. The SMILES string of the molecule is CCC(C)NC(=O)C(CC)N(Cc1ccccc1)C(=O)COc1ccccc1C(C)C. The van der Waals surface area contributed by atoms with E-state index < -0.39 is 6.04 Å². The molecule has 1 N–H and O–H groups in total. The molecular formula is C26H36N2O3. The third-order valence-corrected chi connectivity index (χ3v) is 5.47. The summed E-state index contributed by atoms with van der Waals surface area (Å²) in [5.74, 6) is 0.677. The molecule has 0 saturated carbocycles. The van der Waals surface area contributed by atoms with Gasteiger partial charge in [0.25, 0.3) is 5.91 Å². The first-order valence-corrected chi connectivity index (χ1v) is 11.2. The zero-order valence-corrected chi connectivity index (χ0v) is 19.4. The van der Waals surface area contributed by atoms with Crippen molar-refractivity contribution in [1.29, 1.82) is 0 Å². The summed E-state index contributed by atoms with van der Waals surface area (Å²) >= 11 is 0. The summed E-state index contributed by atoms with van der Waals surface area (Å²) in [6, 6.07) is 17.0. The Bertz CT molecular complexity index is 836. The van der Waals surface area contributed by atoms with E-state index in [0.717, 1.165) is 17.5 Å². The van der Waals surface area contributed by atoms with Crippen LogP contribution in [0.15, 0.2) is 54.6 Å². The highest BCUT2D eigenvalue weighted by molar-refractivity contribution is 5.88. The van der Waals surface area contributed by atoms with Crippen molar-refractivity contribution in [3.8, 4) is 5.75 Å². The highest BCUT2D eigenvalue weighted by Crippen LogP contribution is 2.26. The lowest BCUT2D eigenvalue weighted by atomic mass is 10.0. The maximum absolute atomic E-state index is 13.3. The Balaban J connectivity index is 2.22. The molecule has 2 atom stereocenters. The van der Waals surface area contributed by atoms with Crippen LogP contribution in [-0.2, 0) is 16.1 Å². The number of nitrogens with zero attached hydrogens (tertiary/aromatic N) is 1. The average molecular weight is 425 g/mol. The molecule has 0 fully saturated rings. The van der Waals surface area contributed by atoms with Crippen LogP contribution in [0.4, 0.5) is 0 Å². The maximum atomic E-state index is 13.3. The number of para-hydroxylation sites is 1. The van der Waals surface area contributed by atoms with Gasteiger partial charge in [0.2, 0.25) is 5.91 Å². The zero-order valence-electron chi connectivity index (χ0n) is 19.4. The van der Waals surface area contributed by atoms with Gasteiger partial charge in [-0.2, -0.15) is 0 Å². The van der Waals surface area contributed by atoms with E-state index >= 15 is 0 Å². The molecule has 5 nitrogen and oxygen atoms in total. The van der Waals surface area contributed by atoms with Crippen molar-refractivity contribution < 1.29 is 14.3 Å². The number of nitrogens with one attached hydrogen (secondary N) is 1. The Kier molecular flexibility index (Phi) is 9.57. The lowest BCUT2D eigenvalue weighted by molar-refractivity contribution is -0.143. The summed E-state index contributed by atoms with van der Waals surface area (Å²) in [5.41, 5.74) is 2.04. The van der Waals surface area contributed by atoms with Gasteiger partial charge < -0.3 is 15.0 Å². The van der Waals surface area contributed by atoms with Crippen molar-refractivity contribution in [2.45, 2.75) is 72.0 Å². The predicted molar refractivity (Wildman–Crippen MR) is 125 cm³/mol. The summed E-state index contributed by atoms with van der Waals surface area (Å²) in [6.45, 7) is 10.4. The van der Waals surface area contributed by atoms with E-state index in [1.807, 2.05) is 75.4 Å². The molecule has 0 spiro atoms. The van der Waals surface area contributed by atoms with E-state index in [2.05, 4.69) is 19.2 Å². The third-order valence-electron chi connectivity index (χ3n) is 5.47. The van der Waals surface area contributed by atoms with Crippen molar-refractivity contribution in [2.75, 3.05) is 6.61 Å². The number of carbonyl (C=O) groups excluding carboxylic acids is 2. The van der Waals surface area contributed by atoms with Crippen molar-refractivity contribution >= 4 is 11.8 Å². The first kappa shape index (κ1) is 24.4. The first-order chi connectivity index (χ1) is 14.9. The summed E-state index contributed by atoms with van der Waals surface area (Å²) < 4.78 is 5.93. The van der Waals surface area contributed by atoms with E-state index in [0.29, 0.717) is 18.7 Å². The van der Waals surface area contributed by atoms with Crippen LogP contribution in [0.3, 0.4) is 0 Å². The fourth-order valence-corrected chi connectivity index (χ4v) is 3.45. The quantitative estimate of drug-likeness (QED) is 0.557. The van der Waals surface area contributed by atoms with Crippen LogP contribution in [0.5, 0.6) is 5.75 Å². The summed E-state index contributed by atoms with van der Waals surface area (Å²) in [6.07, 6.45) is 1.37. The number of rotatable bonds is 11. The number of carbonyl (C=O) groups is 2. The topological polar surface area (TPSA) is 58.6 Å². The van der Waals surface area contributed by atoms with Crippen LogP contribution >= 0.6 is 0 Å². The third kappa shape index (κ3) is 7.12. The normalized spacial score (nSPS) is 12.8. The van der Waals surface area contributed by atoms with Crippen LogP contribution < -0.4 is 10.1 Å². The van der Waals surface area contributed by atoms with Gasteiger partial charge in [0.05, 0.1) is 0 Å². The fourth-order valence-electron chi connectivity index (χ4n) is 3.45. The van der Waals surface area contributed by atoms with Gasteiger partial charge in [-0.3, -0.25) is 9.59 Å². The molecule has 2 aromatic rings. The Morgan fingerprint density at radius 2 is 1.58 bits per heavy atom. The van der Waals surface area contributed by atoms with Crippen molar-refractivity contribution in [2.24, 2.45) is 0 Å². The molecule has 0 aromatic heterocycles. The van der Waals surface area contributed by atoms with E-state index in [1.165, 1.54) is 0 Å². The number of hydrogen-bond acceptors (Lipinski definition) is 3. The molecule has 0 heterocycles. The van der Waals surface area contributed by atoms with Crippen LogP contribution in [0.25, 0.3) is 0 Å². The first-order valence-electron chi connectivity index (χ1n) is 11.2. The molecule has 2 aromatic carbocycles. The van der Waals surface area contributed by atoms with E-state index in [4.69, 9.17) is 4.74 Å². The molecule has 2 amide bonds. The largest absolute Gasteiger partial charge is 0.483 e. The van der Waals surface area contributed by atoms with Crippen LogP contribution in [-0.4, -0.2) is 35.4 Å². The minimum absolute atomic E-state index is 0.0596. The van der Waals surface area contributed by atoms with E-state index in [1.54, 1.807) is 4.90 Å². The standard InChI is InChI=1S/C26H36N2O3/c1-6-20(5)27-26(30)23(7-2)28(17-21-13-9-8-10-14-21)25(29)18-31-24-16-12-11-15-22(24)19(3)4/h8-16,19-20,23H,6-7,17-18H2,1-5H3,(H,27,30). The number of hydrogen-bond donors (Lipinski definition) is 1. The van der Waals surface area contributed by atoms with Gasteiger partial charge in [-0.25, -0.2) is 0 Å². The highest BCUT2D eigenvalue weighted by Gasteiger charge is 2.29. The molecule has 0 saturated heterocycles. The monoisotopic (exact) mass is 424 g/mol. The molecule has 0 radical (unpaired) electrons. The van der Waals surface area contributed by atoms with Crippen molar-refractivity contribution in [3.05, 3.63) is 65.7 Å². The minimum Gasteiger partial charge on any atom is -0.483 e. The van der Waals surface area contributed by atoms with Gasteiger partial charge in [-0.05, 0) is 42.9 Å². The molecule has 31 heavy (non-hydrogen) atoms. The summed E-state index contributed by atoms with van der Waals surface area (Å²) in [7, 11) is 0. The van der Waals surface area contributed by atoms with Crippen molar-refractivity contribution in [3.63, 3.8) is 0 Å². The Labute approximate surface area is 186 Å². The summed E-state index contributed by atoms with van der Waals surface area (Å²) in [5, 5.41) is 3.03. The Hall–Kier alpha value is -2.82. The van der Waals surface area contributed by atoms with Gasteiger partial charge >= 0.3 is 0 Å². The number of ether oxygens (including phenoxy) is 1. The van der Waals surface area contributed by atoms with Gasteiger partial charge in [-0.15, -0.1) is 0 Å². The summed E-state index contributed by atoms with van der Waals surface area (Å²) in [4.78, 5) is 27.9. The number of amides is 2. The molecule has 0 bridgehead atoms. The second-order valence-corrected chi connectivity index (χ2v) is 8.23. The van der Waals surface area contributed by atoms with Crippen LogP contribution in [0, 0.1) is 0 Å². The molecular weight excluding hydrogens is 388 g/mol. The van der Waals surface area contributed by atoms with Crippen LogP contribution in [0.1, 0.15) is 64.5 Å². The zero-order chi connectivity index (χ0) is 22.8. The Morgan fingerprint density at radius 1 is 0.935 bits per heavy atom. The fraction of sp³-hybridized carbons (Fsp3) is 0.462. The maximum Gasteiger partial charge on any atom is 0.261 e. The average Bonchev–Trinajstić information content (AvgIpc) is 2.77. The molecule has 0 aliphatic heterocycles. The van der Waals surface area contributed by atoms with E-state index in [9.17, 15) is 9.59 Å². The van der Waals surface area contributed by atoms with Gasteiger partial charge in [0, 0.05) is 12.6 Å². The molecule has 168 valence electrons. The van der Waals surface area contributed by atoms with Crippen molar-refractivity contribution in [1.82, 2.24) is 10.2 Å². The smallest absolute Gasteiger partial charge is 0.261 e. The second-order valence-electron chi connectivity index (χ2n) is 8.23. The van der Waals surface area contributed by atoms with E-state index in [-0.39, 0.29) is 30.4 Å². The van der Waals surface area contributed by atoms with Crippen LogP contribution in [0.2, 0.25) is 0 Å². The second kappa shape index (κ2) is 12.1. The predicted octanol–water partition coefficient (Wildman–Crippen LogP) is 4.91. The molecule has 0 aliphatic rings. The lowest BCUT2D eigenvalue weighted by Gasteiger charge is -2.31. The van der Waals surface area contributed by atoms with Gasteiger partial charge in [0.15, 0.2) is 6.61 Å². The molecule has 2 unspecified atom stereocenters.